The summed E-state index contributed by atoms with van der Waals surface area (Å²) in [4.78, 5) is 17.0. The summed E-state index contributed by atoms with van der Waals surface area (Å²) in [6.45, 7) is 1.39. The molecule has 4 rings (SSSR count). The molecule has 0 atom stereocenters. The minimum absolute atomic E-state index is 0.0340. The first-order valence-electron chi connectivity index (χ1n) is 9.72. The van der Waals surface area contributed by atoms with E-state index in [1.807, 2.05) is 54.6 Å². The average Bonchev–Trinajstić information content (AvgIpc) is 3.09. The largest absolute Gasteiger partial charge is 0.352 e. The first kappa shape index (κ1) is 19.4. The summed E-state index contributed by atoms with van der Waals surface area (Å²) in [5.41, 5.74) is 4.05. The Morgan fingerprint density at radius 2 is 1.76 bits per heavy atom. The van der Waals surface area contributed by atoms with Crippen LogP contribution in [-0.4, -0.2) is 22.0 Å². The summed E-state index contributed by atoms with van der Waals surface area (Å²) in [6, 6.07) is 25.9. The Kier molecular flexibility index (Phi) is 6.06. The van der Waals surface area contributed by atoms with Crippen LogP contribution in [-0.2, 0) is 13.0 Å². The summed E-state index contributed by atoms with van der Waals surface area (Å²) in [5, 5.41) is 3.00. The van der Waals surface area contributed by atoms with E-state index in [1.54, 1.807) is 0 Å². The van der Waals surface area contributed by atoms with Gasteiger partial charge >= 0.3 is 0 Å². The van der Waals surface area contributed by atoms with E-state index in [1.165, 1.54) is 5.56 Å². The predicted octanol–water partition coefficient (Wildman–Crippen LogP) is 5.21. The number of para-hydroxylation sites is 2. The number of nitrogens with one attached hydrogen (secondary N) is 1. The van der Waals surface area contributed by atoms with E-state index in [-0.39, 0.29) is 5.91 Å². The fourth-order valence-corrected chi connectivity index (χ4v) is 3.90. The Hall–Kier alpha value is -2.92. The van der Waals surface area contributed by atoms with E-state index in [4.69, 9.17) is 4.98 Å². The molecule has 0 aliphatic rings. The van der Waals surface area contributed by atoms with Crippen molar-refractivity contribution < 1.29 is 4.79 Å². The molecule has 0 aliphatic heterocycles. The molecule has 1 amide bonds. The van der Waals surface area contributed by atoms with Gasteiger partial charge in [0.05, 0.1) is 11.0 Å². The molecule has 0 bridgehead atoms. The molecule has 29 heavy (non-hydrogen) atoms. The molecule has 1 N–H and O–H groups in total. The summed E-state index contributed by atoms with van der Waals surface area (Å²) < 4.78 is 3.35. The number of carbonyl (C=O) groups excluding carboxylic acids is 1. The van der Waals surface area contributed by atoms with E-state index >= 15 is 0 Å². The van der Waals surface area contributed by atoms with Gasteiger partial charge in [0, 0.05) is 29.5 Å². The number of hydrogen-bond donors (Lipinski definition) is 1. The number of carbonyl (C=O) groups is 1. The number of halogens is 1. The van der Waals surface area contributed by atoms with E-state index in [0.29, 0.717) is 12.1 Å². The maximum absolute atomic E-state index is 12.2. The maximum Gasteiger partial charge on any atom is 0.251 e. The fourth-order valence-electron chi connectivity index (χ4n) is 3.45. The zero-order valence-corrected chi connectivity index (χ0v) is 17.6. The van der Waals surface area contributed by atoms with Gasteiger partial charge in [-0.3, -0.25) is 4.79 Å². The van der Waals surface area contributed by atoms with Crippen molar-refractivity contribution in [2.75, 3.05) is 6.54 Å². The van der Waals surface area contributed by atoms with Gasteiger partial charge in [-0.05, 0) is 48.4 Å². The number of rotatable bonds is 7. The first-order chi connectivity index (χ1) is 14.2. The van der Waals surface area contributed by atoms with Crippen LogP contribution in [0.5, 0.6) is 0 Å². The van der Waals surface area contributed by atoms with Crippen LogP contribution in [0.4, 0.5) is 0 Å². The number of aryl methyl sites for hydroxylation is 1. The maximum atomic E-state index is 12.2. The van der Waals surface area contributed by atoms with Crippen LogP contribution in [0.1, 0.15) is 28.2 Å². The fraction of sp³-hybridized carbons (Fsp3) is 0.167. The summed E-state index contributed by atoms with van der Waals surface area (Å²) in [7, 11) is 0. The van der Waals surface area contributed by atoms with Crippen molar-refractivity contribution in [1.82, 2.24) is 14.9 Å². The lowest BCUT2D eigenvalue weighted by molar-refractivity contribution is 0.0953. The average molecular weight is 448 g/mol. The van der Waals surface area contributed by atoms with Gasteiger partial charge in [0.25, 0.3) is 5.91 Å². The van der Waals surface area contributed by atoms with Crippen LogP contribution in [0.25, 0.3) is 11.0 Å². The molecule has 1 aromatic heterocycles. The van der Waals surface area contributed by atoms with Crippen LogP contribution >= 0.6 is 15.9 Å². The second-order valence-corrected chi connectivity index (χ2v) is 7.87. The molecular formula is C24H22BrN3O. The van der Waals surface area contributed by atoms with Crippen LogP contribution in [0, 0.1) is 0 Å². The third-order valence-electron chi connectivity index (χ3n) is 4.86. The summed E-state index contributed by atoms with van der Waals surface area (Å²) >= 11 is 3.55. The lowest BCUT2D eigenvalue weighted by atomic mass is 10.2. The minimum atomic E-state index is -0.0340. The summed E-state index contributed by atoms with van der Waals surface area (Å²) in [5.74, 6) is 1.01. The molecule has 0 unspecified atom stereocenters. The van der Waals surface area contributed by atoms with E-state index < -0.39 is 0 Å². The van der Waals surface area contributed by atoms with E-state index in [2.05, 4.69) is 50.1 Å². The molecule has 0 aliphatic carbocycles. The molecule has 4 aromatic rings. The Labute approximate surface area is 178 Å². The second kappa shape index (κ2) is 9.05. The van der Waals surface area contributed by atoms with Gasteiger partial charge in [-0.25, -0.2) is 4.98 Å². The lowest BCUT2D eigenvalue weighted by Crippen LogP contribution is -2.24. The van der Waals surface area contributed by atoms with Crippen LogP contribution < -0.4 is 5.32 Å². The van der Waals surface area contributed by atoms with Crippen molar-refractivity contribution in [3.05, 3.63) is 100 Å². The van der Waals surface area contributed by atoms with Gasteiger partial charge in [0.1, 0.15) is 5.82 Å². The SMILES string of the molecule is O=C(NCCCc1nc2ccccc2n1Cc1cccc(Br)c1)c1ccccc1. The van der Waals surface area contributed by atoms with Gasteiger partial charge in [-0.15, -0.1) is 0 Å². The Morgan fingerprint density at radius 1 is 0.966 bits per heavy atom. The third kappa shape index (κ3) is 4.74. The van der Waals surface area contributed by atoms with Crippen LogP contribution in [0.3, 0.4) is 0 Å². The number of nitrogens with zero attached hydrogens (tertiary/aromatic N) is 2. The van der Waals surface area contributed by atoms with E-state index in [0.717, 1.165) is 40.7 Å². The predicted molar refractivity (Wildman–Crippen MR) is 120 cm³/mol. The molecule has 1 heterocycles. The number of fused-ring (bicyclic) bond motifs is 1. The zero-order chi connectivity index (χ0) is 20.1. The second-order valence-electron chi connectivity index (χ2n) is 6.96. The number of benzene rings is 3. The molecule has 0 saturated carbocycles. The van der Waals surface area contributed by atoms with Crippen molar-refractivity contribution in [3.8, 4) is 0 Å². The van der Waals surface area contributed by atoms with Crippen LogP contribution in [0.2, 0.25) is 0 Å². The van der Waals surface area contributed by atoms with Crippen molar-refractivity contribution in [1.29, 1.82) is 0 Å². The Morgan fingerprint density at radius 3 is 2.59 bits per heavy atom. The highest BCUT2D eigenvalue weighted by Gasteiger charge is 2.11. The first-order valence-corrected chi connectivity index (χ1v) is 10.5. The minimum Gasteiger partial charge on any atom is -0.352 e. The van der Waals surface area contributed by atoms with Gasteiger partial charge in [-0.1, -0.05) is 58.4 Å². The van der Waals surface area contributed by atoms with Crippen molar-refractivity contribution in [2.24, 2.45) is 0 Å². The summed E-state index contributed by atoms with van der Waals surface area (Å²) in [6.07, 6.45) is 1.64. The number of hydrogen-bond acceptors (Lipinski definition) is 2. The molecule has 0 radical (unpaired) electrons. The van der Waals surface area contributed by atoms with Gasteiger partial charge in [0.2, 0.25) is 0 Å². The van der Waals surface area contributed by atoms with Gasteiger partial charge < -0.3 is 9.88 Å². The lowest BCUT2D eigenvalue weighted by Gasteiger charge is -2.10. The standard InChI is InChI=1S/C24H22BrN3O/c25-20-11-6-8-18(16-20)17-28-22-13-5-4-12-21(22)27-23(28)14-7-15-26-24(29)19-9-2-1-3-10-19/h1-6,8-13,16H,7,14-15,17H2,(H,26,29). The molecule has 146 valence electrons. The molecule has 4 nitrogen and oxygen atoms in total. The highest BCUT2D eigenvalue weighted by Crippen LogP contribution is 2.20. The normalized spacial score (nSPS) is 10.9. The van der Waals surface area contributed by atoms with Crippen molar-refractivity contribution >= 4 is 32.9 Å². The molecule has 0 fully saturated rings. The molecule has 5 heteroatoms. The Balaban J connectivity index is 1.46. The number of aromatic nitrogens is 2. The molecular weight excluding hydrogens is 426 g/mol. The molecule has 0 spiro atoms. The van der Waals surface area contributed by atoms with Gasteiger partial charge in [0.15, 0.2) is 0 Å². The monoisotopic (exact) mass is 447 g/mol. The third-order valence-corrected chi connectivity index (χ3v) is 5.36. The van der Waals surface area contributed by atoms with Gasteiger partial charge in [-0.2, -0.15) is 0 Å². The zero-order valence-electron chi connectivity index (χ0n) is 16.0. The Bertz CT molecular complexity index is 1120. The highest BCUT2D eigenvalue weighted by atomic mass is 79.9. The van der Waals surface area contributed by atoms with E-state index in [9.17, 15) is 4.79 Å². The topological polar surface area (TPSA) is 46.9 Å². The van der Waals surface area contributed by atoms with Crippen LogP contribution in [0.15, 0.2) is 83.3 Å². The number of imidazole rings is 1. The van der Waals surface area contributed by atoms with Crippen molar-refractivity contribution in [3.63, 3.8) is 0 Å². The van der Waals surface area contributed by atoms with Crippen molar-refractivity contribution in [2.45, 2.75) is 19.4 Å². The quantitative estimate of drug-likeness (QED) is 0.395. The molecule has 0 saturated heterocycles. The smallest absolute Gasteiger partial charge is 0.251 e. The molecule has 3 aromatic carbocycles. The number of amides is 1. The highest BCUT2D eigenvalue weighted by molar-refractivity contribution is 9.10.